The molecule has 7 heteroatoms. The molecule has 0 radical (unpaired) electrons. The van der Waals surface area contributed by atoms with Crippen LogP contribution in [0.25, 0.3) is 0 Å². The van der Waals surface area contributed by atoms with Gasteiger partial charge in [0.25, 0.3) is 0 Å². The number of ether oxygens (including phenoxy) is 2. The summed E-state index contributed by atoms with van der Waals surface area (Å²) in [6.07, 6.45) is 0.241. The number of benzene rings is 2. The average molecular weight is 363 g/mol. The third kappa shape index (κ3) is 5.39. The molecule has 2 rings (SSSR count). The Bertz CT molecular complexity index is 747. The number of esters is 1. The lowest BCUT2D eigenvalue weighted by molar-refractivity contribution is -0.115. The zero-order valence-corrected chi connectivity index (χ0v) is 14.7. The Morgan fingerprint density at radius 3 is 2.44 bits per heavy atom. The first-order chi connectivity index (χ1) is 12.0. The SMILES string of the molecule is COC(=O)c1ccc(Cl)c(NCCC(=O)Nc2ccc(OC)cc2)c1. The van der Waals surface area contributed by atoms with Gasteiger partial charge in [0.05, 0.1) is 30.5 Å². The van der Waals surface area contributed by atoms with Crippen LogP contribution in [-0.4, -0.2) is 32.6 Å². The van der Waals surface area contributed by atoms with Crippen molar-refractivity contribution < 1.29 is 19.1 Å². The van der Waals surface area contributed by atoms with Crippen molar-refractivity contribution in [2.75, 3.05) is 31.4 Å². The highest BCUT2D eigenvalue weighted by Crippen LogP contribution is 2.23. The van der Waals surface area contributed by atoms with Gasteiger partial charge in [0.1, 0.15) is 5.75 Å². The number of hydrogen-bond donors (Lipinski definition) is 2. The predicted octanol–water partition coefficient (Wildman–Crippen LogP) is 3.58. The van der Waals surface area contributed by atoms with Crippen LogP contribution in [0.15, 0.2) is 42.5 Å². The third-order valence-electron chi connectivity index (χ3n) is 3.43. The lowest BCUT2D eigenvalue weighted by Crippen LogP contribution is -2.16. The number of carbonyl (C=O) groups is 2. The van der Waals surface area contributed by atoms with Crippen molar-refractivity contribution >= 4 is 34.9 Å². The van der Waals surface area contributed by atoms with E-state index in [0.29, 0.717) is 28.5 Å². The van der Waals surface area contributed by atoms with Crippen molar-refractivity contribution in [3.63, 3.8) is 0 Å². The van der Waals surface area contributed by atoms with Crippen molar-refractivity contribution in [1.82, 2.24) is 0 Å². The van der Waals surface area contributed by atoms with Crippen LogP contribution < -0.4 is 15.4 Å². The maximum absolute atomic E-state index is 12.0. The van der Waals surface area contributed by atoms with Gasteiger partial charge in [-0.25, -0.2) is 4.79 Å². The highest BCUT2D eigenvalue weighted by Gasteiger charge is 2.09. The Hall–Kier alpha value is -2.73. The second-order valence-corrected chi connectivity index (χ2v) is 5.55. The highest BCUT2D eigenvalue weighted by atomic mass is 35.5. The van der Waals surface area contributed by atoms with Crippen LogP contribution in [0.2, 0.25) is 5.02 Å². The first-order valence-electron chi connectivity index (χ1n) is 7.59. The third-order valence-corrected chi connectivity index (χ3v) is 3.76. The molecule has 0 fully saturated rings. The summed E-state index contributed by atoms with van der Waals surface area (Å²) >= 11 is 6.09. The summed E-state index contributed by atoms with van der Waals surface area (Å²) in [6, 6.07) is 11.8. The van der Waals surface area contributed by atoms with Crippen molar-refractivity contribution in [2.45, 2.75) is 6.42 Å². The van der Waals surface area contributed by atoms with E-state index in [1.807, 2.05) is 0 Å². The summed E-state index contributed by atoms with van der Waals surface area (Å²) in [4.78, 5) is 23.5. The van der Waals surface area contributed by atoms with E-state index in [2.05, 4.69) is 15.4 Å². The number of nitrogens with one attached hydrogen (secondary N) is 2. The second kappa shape index (κ2) is 8.94. The van der Waals surface area contributed by atoms with Crippen molar-refractivity contribution in [2.24, 2.45) is 0 Å². The van der Waals surface area contributed by atoms with E-state index in [1.165, 1.54) is 7.11 Å². The van der Waals surface area contributed by atoms with Gasteiger partial charge < -0.3 is 20.1 Å². The molecule has 0 aromatic heterocycles. The monoisotopic (exact) mass is 362 g/mol. The zero-order valence-electron chi connectivity index (χ0n) is 14.0. The van der Waals surface area contributed by atoms with Crippen LogP contribution in [0.1, 0.15) is 16.8 Å². The summed E-state index contributed by atoms with van der Waals surface area (Å²) in [5.41, 5.74) is 1.65. The maximum atomic E-state index is 12.0. The number of methoxy groups -OCH3 is 2. The lowest BCUT2D eigenvalue weighted by Gasteiger charge is -2.10. The number of halogens is 1. The molecule has 132 valence electrons. The summed E-state index contributed by atoms with van der Waals surface area (Å²) < 4.78 is 9.74. The molecule has 0 aliphatic rings. The number of carbonyl (C=O) groups excluding carboxylic acids is 2. The van der Waals surface area contributed by atoms with Gasteiger partial charge in [-0.3, -0.25) is 4.79 Å². The summed E-state index contributed by atoms with van der Waals surface area (Å²) in [5.74, 6) is 0.134. The molecule has 0 atom stereocenters. The molecule has 0 bridgehead atoms. The molecule has 0 spiro atoms. The first kappa shape index (κ1) is 18.6. The van der Waals surface area contributed by atoms with Crippen LogP contribution in [0.5, 0.6) is 5.75 Å². The second-order valence-electron chi connectivity index (χ2n) is 5.14. The van der Waals surface area contributed by atoms with E-state index in [9.17, 15) is 9.59 Å². The molecule has 0 heterocycles. The summed E-state index contributed by atoms with van der Waals surface area (Å²) in [6.45, 7) is 0.367. The van der Waals surface area contributed by atoms with Crippen LogP contribution in [-0.2, 0) is 9.53 Å². The van der Waals surface area contributed by atoms with Gasteiger partial charge in [-0.15, -0.1) is 0 Å². The largest absolute Gasteiger partial charge is 0.497 e. The molecular formula is C18H19ClN2O4. The van der Waals surface area contributed by atoms with Crippen molar-refractivity contribution in [3.8, 4) is 5.75 Å². The van der Waals surface area contributed by atoms with E-state index < -0.39 is 5.97 Å². The first-order valence-corrected chi connectivity index (χ1v) is 7.97. The Morgan fingerprint density at radius 1 is 1.08 bits per heavy atom. The molecular weight excluding hydrogens is 344 g/mol. The van der Waals surface area contributed by atoms with Gasteiger partial charge in [0.15, 0.2) is 0 Å². The Morgan fingerprint density at radius 2 is 1.80 bits per heavy atom. The topological polar surface area (TPSA) is 76.7 Å². The van der Waals surface area contributed by atoms with Gasteiger partial charge in [-0.2, -0.15) is 0 Å². The molecule has 0 unspecified atom stereocenters. The summed E-state index contributed by atoms with van der Waals surface area (Å²) in [5, 5.41) is 6.30. The Balaban J connectivity index is 1.87. The fraction of sp³-hybridized carbons (Fsp3) is 0.222. The van der Waals surface area contributed by atoms with E-state index in [1.54, 1.807) is 49.6 Å². The molecule has 0 saturated carbocycles. The summed E-state index contributed by atoms with van der Waals surface area (Å²) in [7, 11) is 2.90. The molecule has 2 aromatic rings. The average Bonchev–Trinajstić information content (AvgIpc) is 2.63. The molecule has 2 aromatic carbocycles. The minimum Gasteiger partial charge on any atom is -0.497 e. The smallest absolute Gasteiger partial charge is 0.337 e. The minimum atomic E-state index is -0.447. The number of amides is 1. The van der Waals surface area contributed by atoms with E-state index in [4.69, 9.17) is 16.3 Å². The van der Waals surface area contributed by atoms with Crippen LogP contribution in [0, 0.1) is 0 Å². The molecule has 0 saturated heterocycles. The Kier molecular flexibility index (Phi) is 6.65. The molecule has 0 aliphatic carbocycles. The molecule has 0 aliphatic heterocycles. The molecule has 6 nitrogen and oxygen atoms in total. The maximum Gasteiger partial charge on any atom is 0.337 e. The van der Waals surface area contributed by atoms with E-state index >= 15 is 0 Å². The van der Waals surface area contributed by atoms with E-state index in [-0.39, 0.29) is 12.3 Å². The van der Waals surface area contributed by atoms with Crippen molar-refractivity contribution in [1.29, 1.82) is 0 Å². The highest BCUT2D eigenvalue weighted by molar-refractivity contribution is 6.33. The molecule has 1 amide bonds. The van der Waals surface area contributed by atoms with Crippen LogP contribution in [0.4, 0.5) is 11.4 Å². The lowest BCUT2D eigenvalue weighted by atomic mass is 10.2. The fourth-order valence-corrected chi connectivity index (χ4v) is 2.30. The molecule has 2 N–H and O–H groups in total. The Labute approximate surface area is 151 Å². The number of anilines is 2. The predicted molar refractivity (Wildman–Crippen MR) is 97.5 cm³/mol. The quantitative estimate of drug-likeness (QED) is 0.736. The van der Waals surface area contributed by atoms with Crippen LogP contribution in [0.3, 0.4) is 0 Å². The van der Waals surface area contributed by atoms with Gasteiger partial charge in [-0.05, 0) is 42.5 Å². The van der Waals surface area contributed by atoms with Crippen molar-refractivity contribution in [3.05, 3.63) is 53.1 Å². The van der Waals surface area contributed by atoms with E-state index in [0.717, 1.165) is 5.75 Å². The molecule has 25 heavy (non-hydrogen) atoms. The van der Waals surface area contributed by atoms with Gasteiger partial charge in [0, 0.05) is 18.7 Å². The minimum absolute atomic E-state index is 0.141. The van der Waals surface area contributed by atoms with Gasteiger partial charge in [0.2, 0.25) is 5.91 Å². The number of hydrogen-bond acceptors (Lipinski definition) is 5. The normalized spacial score (nSPS) is 10.0. The van der Waals surface area contributed by atoms with Crippen LogP contribution >= 0.6 is 11.6 Å². The zero-order chi connectivity index (χ0) is 18.2. The fourth-order valence-electron chi connectivity index (χ4n) is 2.11. The standard InChI is InChI=1S/C18H19ClN2O4/c1-24-14-6-4-13(5-7-14)21-17(22)9-10-20-16-11-12(18(23)25-2)3-8-15(16)19/h3-8,11,20H,9-10H2,1-2H3,(H,21,22). The van der Waals surface area contributed by atoms with Gasteiger partial charge in [-0.1, -0.05) is 11.6 Å². The number of rotatable bonds is 7. The van der Waals surface area contributed by atoms with Gasteiger partial charge >= 0.3 is 5.97 Å².